The zero-order valence-electron chi connectivity index (χ0n) is 26.1. The average molecular weight is 690 g/mol. The predicted octanol–water partition coefficient (Wildman–Crippen LogP) is -2.16. The third-order valence-corrected chi connectivity index (χ3v) is 8.93. The van der Waals surface area contributed by atoms with E-state index in [1.807, 2.05) is 0 Å². The van der Waals surface area contributed by atoms with Crippen molar-refractivity contribution >= 4 is 70.7 Å². The molecular weight excluding hydrogens is 646 g/mol. The van der Waals surface area contributed by atoms with Crippen LogP contribution < -0.4 is 16.0 Å². The van der Waals surface area contributed by atoms with E-state index in [0.717, 1.165) is 9.80 Å². The average Bonchev–Trinajstić information content (AvgIpc) is 3.45. The maximum Gasteiger partial charge on any atom is 0.242 e. The minimum absolute atomic E-state index is 0.0249. The lowest BCUT2D eigenvalue weighted by molar-refractivity contribution is -0.140. The number of Topliss-reactive ketones (excluding diaryl/α,β-unsaturated/α-hetero) is 1. The van der Waals surface area contributed by atoms with Crippen LogP contribution in [0.5, 0.6) is 0 Å². The lowest BCUT2D eigenvalue weighted by Crippen LogP contribution is -2.42. The van der Waals surface area contributed by atoms with Crippen LogP contribution >= 0.6 is 23.5 Å². The molecule has 0 aromatic carbocycles. The van der Waals surface area contributed by atoms with Gasteiger partial charge in [0.25, 0.3) is 0 Å². The summed E-state index contributed by atoms with van der Waals surface area (Å²) in [6, 6.07) is 0. The zero-order valence-corrected chi connectivity index (χ0v) is 27.7. The van der Waals surface area contributed by atoms with Gasteiger partial charge in [0.15, 0.2) is 5.78 Å². The molecule has 4 N–H and O–H groups in total. The number of carbonyl (C=O) groups is 8. The molecule has 258 valence electrons. The Hall–Kier alpha value is -3.06. The van der Waals surface area contributed by atoms with E-state index in [0.29, 0.717) is 18.9 Å². The lowest BCUT2D eigenvalue weighted by Gasteiger charge is -2.17. The number of aliphatic hydroxyl groups excluding tert-OH is 1. The molecule has 18 heteroatoms. The fourth-order valence-corrected chi connectivity index (χ4v) is 6.07. The molecule has 2 rings (SSSR count). The van der Waals surface area contributed by atoms with Crippen LogP contribution in [0.25, 0.3) is 0 Å². The Morgan fingerprint density at radius 2 is 1.33 bits per heavy atom. The zero-order chi connectivity index (χ0) is 34.1. The van der Waals surface area contributed by atoms with Crippen molar-refractivity contribution in [1.29, 1.82) is 0 Å². The van der Waals surface area contributed by atoms with Crippen molar-refractivity contribution in [3.63, 3.8) is 0 Å². The number of amides is 7. The molecule has 2 fully saturated rings. The normalized spacial score (nSPS) is 18.7. The van der Waals surface area contributed by atoms with Crippen LogP contribution in [0.1, 0.15) is 39.0 Å². The molecule has 0 aromatic heterocycles. The molecule has 2 aliphatic rings. The summed E-state index contributed by atoms with van der Waals surface area (Å²) in [6.07, 6.45) is 0.579. The molecule has 46 heavy (non-hydrogen) atoms. The van der Waals surface area contributed by atoms with Gasteiger partial charge in [-0.05, 0) is 13.2 Å². The Labute approximate surface area is 275 Å². The highest BCUT2D eigenvalue weighted by Crippen LogP contribution is 2.26. The number of likely N-dealkylation sites (tertiary alicyclic amines) is 2. The number of ether oxygens (including phenoxy) is 2. The number of carbonyl (C=O) groups excluding carboxylic acids is 8. The molecule has 16 nitrogen and oxygen atoms in total. The van der Waals surface area contributed by atoms with Gasteiger partial charge in [0, 0.05) is 70.6 Å². The Kier molecular flexibility index (Phi) is 17.8. The van der Waals surface area contributed by atoms with Crippen LogP contribution in [0.2, 0.25) is 0 Å². The molecule has 0 radical (unpaired) electrons. The number of aliphatic hydroxyl groups is 1. The molecule has 2 aliphatic heterocycles. The number of nitrogens with zero attached hydrogens (tertiary/aromatic N) is 2. The van der Waals surface area contributed by atoms with Crippen molar-refractivity contribution in [2.24, 2.45) is 0 Å². The number of imide groups is 2. The highest BCUT2D eigenvalue weighted by atomic mass is 32.2. The Morgan fingerprint density at radius 3 is 1.87 bits per heavy atom. The van der Waals surface area contributed by atoms with Gasteiger partial charge in [0.2, 0.25) is 41.4 Å². The first-order chi connectivity index (χ1) is 21.9. The molecular formula is C28H43N5O11S2. The van der Waals surface area contributed by atoms with E-state index in [2.05, 4.69) is 16.0 Å². The quantitative estimate of drug-likeness (QED) is 0.0665. The predicted molar refractivity (Wildman–Crippen MR) is 167 cm³/mol. The number of hydrogen-bond donors (Lipinski definition) is 4. The second kappa shape index (κ2) is 20.9. The fraction of sp³-hybridized carbons (Fsp3) is 0.714. The number of ketones is 1. The van der Waals surface area contributed by atoms with Crippen LogP contribution in [0.3, 0.4) is 0 Å². The van der Waals surface area contributed by atoms with Gasteiger partial charge in [-0.15, -0.1) is 11.8 Å². The summed E-state index contributed by atoms with van der Waals surface area (Å²) in [5.74, 6) is -2.41. The number of thioether (sulfide) groups is 2. The fourth-order valence-electron chi connectivity index (χ4n) is 4.31. The molecule has 2 saturated heterocycles. The van der Waals surface area contributed by atoms with Gasteiger partial charge in [0.05, 0.1) is 36.4 Å². The van der Waals surface area contributed by atoms with Gasteiger partial charge in [-0.3, -0.25) is 48.2 Å². The van der Waals surface area contributed by atoms with Gasteiger partial charge in [0.1, 0.15) is 6.61 Å². The van der Waals surface area contributed by atoms with Crippen LogP contribution in [0.4, 0.5) is 0 Å². The van der Waals surface area contributed by atoms with E-state index in [9.17, 15) is 43.5 Å². The van der Waals surface area contributed by atoms with Gasteiger partial charge in [-0.1, -0.05) is 0 Å². The standard InChI is InChI=1S/C28H43N5O11S2/c1-18(34)17-44-11-10-43-9-6-29-24(38)5-12-46-21-14-26(40)33(28(21)42)8-4-23(37)31-16-19(35)15-30-22(36)3-7-32-25(39)13-20(45-2)27(32)41/h19-21,35H,3-17H2,1-2H3,(H,29,38)(H,30,36)(H,31,37). The largest absolute Gasteiger partial charge is 0.389 e. The Bertz CT molecular complexity index is 1130. The molecule has 0 spiro atoms. The van der Waals surface area contributed by atoms with E-state index in [4.69, 9.17) is 9.47 Å². The van der Waals surface area contributed by atoms with E-state index < -0.39 is 40.2 Å². The highest BCUT2D eigenvalue weighted by molar-refractivity contribution is 8.00. The van der Waals surface area contributed by atoms with Crippen molar-refractivity contribution < 1.29 is 52.9 Å². The van der Waals surface area contributed by atoms with Crippen LogP contribution in [0, 0.1) is 0 Å². The number of nitrogens with one attached hydrogen (secondary N) is 3. The first-order valence-corrected chi connectivity index (χ1v) is 17.2. The lowest BCUT2D eigenvalue weighted by atomic mass is 10.3. The van der Waals surface area contributed by atoms with Crippen LogP contribution in [0.15, 0.2) is 0 Å². The van der Waals surface area contributed by atoms with Gasteiger partial charge in [-0.25, -0.2) is 0 Å². The Balaban J connectivity index is 1.54. The van der Waals surface area contributed by atoms with Crippen molar-refractivity contribution in [1.82, 2.24) is 25.8 Å². The summed E-state index contributed by atoms with van der Waals surface area (Å²) < 4.78 is 10.4. The van der Waals surface area contributed by atoms with Crippen molar-refractivity contribution in [3.05, 3.63) is 0 Å². The third-order valence-electron chi connectivity index (χ3n) is 6.78. The SMILES string of the molecule is CSC1CC(=O)N(CCC(=O)NCC(O)CNC(=O)CCN2C(=O)CC(SCCC(=O)NCCOCCOCC(C)=O)C2=O)C1=O. The smallest absolute Gasteiger partial charge is 0.242 e. The summed E-state index contributed by atoms with van der Waals surface area (Å²) in [5.41, 5.74) is 0. The maximum atomic E-state index is 12.7. The monoisotopic (exact) mass is 689 g/mol. The highest BCUT2D eigenvalue weighted by Gasteiger charge is 2.39. The van der Waals surface area contributed by atoms with Gasteiger partial charge >= 0.3 is 0 Å². The van der Waals surface area contributed by atoms with Gasteiger partial charge in [-0.2, -0.15) is 11.8 Å². The maximum absolute atomic E-state index is 12.7. The van der Waals surface area contributed by atoms with E-state index in [-0.39, 0.29) is 102 Å². The summed E-state index contributed by atoms with van der Waals surface area (Å²) >= 11 is 2.48. The summed E-state index contributed by atoms with van der Waals surface area (Å²) in [5, 5.41) is 16.7. The van der Waals surface area contributed by atoms with E-state index in [1.54, 1.807) is 6.26 Å². The minimum atomic E-state index is -1.11. The van der Waals surface area contributed by atoms with E-state index >= 15 is 0 Å². The topological polar surface area (TPSA) is 218 Å². The molecule has 0 saturated carbocycles. The number of hydrogen-bond acceptors (Lipinski definition) is 13. The molecule has 0 bridgehead atoms. The summed E-state index contributed by atoms with van der Waals surface area (Å²) in [6.45, 7) is 2.09. The van der Waals surface area contributed by atoms with Crippen LogP contribution in [-0.4, -0.2) is 150 Å². The third kappa shape index (κ3) is 14.1. The van der Waals surface area contributed by atoms with Gasteiger partial charge < -0.3 is 30.5 Å². The minimum Gasteiger partial charge on any atom is -0.389 e. The van der Waals surface area contributed by atoms with Crippen molar-refractivity contribution in [2.75, 3.05) is 71.2 Å². The first-order valence-electron chi connectivity index (χ1n) is 14.9. The van der Waals surface area contributed by atoms with E-state index in [1.165, 1.54) is 30.4 Å². The number of rotatable bonds is 23. The van der Waals surface area contributed by atoms with Crippen molar-refractivity contribution in [2.45, 2.75) is 55.6 Å². The summed E-state index contributed by atoms with van der Waals surface area (Å²) in [7, 11) is 0. The first kappa shape index (κ1) is 39.1. The second-order valence-corrected chi connectivity index (χ2v) is 12.8. The molecule has 2 heterocycles. The molecule has 7 amide bonds. The van der Waals surface area contributed by atoms with Crippen molar-refractivity contribution in [3.8, 4) is 0 Å². The summed E-state index contributed by atoms with van der Waals surface area (Å²) in [4.78, 5) is 98.2. The van der Waals surface area contributed by atoms with Crippen LogP contribution in [-0.2, 0) is 47.8 Å². The molecule has 0 aliphatic carbocycles. The Morgan fingerprint density at radius 1 is 0.804 bits per heavy atom. The molecule has 0 aromatic rings. The second-order valence-electron chi connectivity index (χ2n) is 10.5. The molecule has 3 atom stereocenters. The molecule has 3 unspecified atom stereocenters.